The van der Waals surface area contributed by atoms with E-state index in [0.717, 1.165) is 44.8 Å². The van der Waals surface area contributed by atoms with Gasteiger partial charge in [-0.15, -0.1) is 0 Å². The second kappa shape index (κ2) is 10.2. The van der Waals surface area contributed by atoms with Gasteiger partial charge in [0.05, 0.1) is 16.6 Å². The summed E-state index contributed by atoms with van der Waals surface area (Å²) in [5.41, 5.74) is 7.13. The second-order valence-corrected chi connectivity index (χ2v) is 11.6. The van der Waals surface area contributed by atoms with Gasteiger partial charge in [0.25, 0.3) is 0 Å². The number of nitrogens with zero attached hydrogens (tertiary/aromatic N) is 4. The SMILES string of the molecule is Nc1ncnc2c1c(-c1ccc(NC(=O)Nc3ccc(CN4CCNCC45CC5)c(C(F)(F)F)c3)c(F)c1)cn2C1CC1. The molecule has 4 aromatic rings. The van der Waals surface area contributed by atoms with Crippen molar-refractivity contribution in [3.63, 3.8) is 0 Å². The Morgan fingerprint density at radius 3 is 2.65 bits per heavy atom. The number of halogens is 4. The van der Waals surface area contributed by atoms with Crippen LogP contribution in [-0.2, 0) is 12.7 Å². The molecule has 7 rings (SSSR count). The minimum Gasteiger partial charge on any atom is -0.383 e. The summed E-state index contributed by atoms with van der Waals surface area (Å²) in [7, 11) is 0. The second-order valence-electron chi connectivity index (χ2n) is 11.6. The molecule has 2 aliphatic carbocycles. The number of nitrogen functional groups attached to an aromatic ring is 1. The summed E-state index contributed by atoms with van der Waals surface area (Å²) < 4.78 is 59.4. The van der Waals surface area contributed by atoms with Gasteiger partial charge in [-0.1, -0.05) is 12.1 Å². The molecule has 2 amide bonds. The van der Waals surface area contributed by atoms with Crippen molar-refractivity contribution in [3.8, 4) is 11.1 Å². The minimum atomic E-state index is -4.60. The molecular formula is C30H30F4N8O. The Balaban J connectivity index is 1.08. The summed E-state index contributed by atoms with van der Waals surface area (Å²) in [6.45, 7) is 2.36. The van der Waals surface area contributed by atoms with Crippen LogP contribution in [-0.4, -0.2) is 50.6 Å². The lowest BCUT2D eigenvalue weighted by molar-refractivity contribution is -0.138. The predicted molar refractivity (Wildman–Crippen MR) is 155 cm³/mol. The van der Waals surface area contributed by atoms with Gasteiger partial charge in [0, 0.05) is 55.2 Å². The lowest BCUT2D eigenvalue weighted by Gasteiger charge is -2.37. The Labute approximate surface area is 244 Å². The number of nitrogens with one attached hydrogen (secondary N) is 3. The van der Waals surface area contributed by atoms with E-state index in [-0.39, 0.29) is 34.8 Å². The van der Waals surface area contributed by atoms with Gasteiger partial charge in [-0.05, 0) is 61.1 Å². The van der Waals surface area contributed by atoms with E-state index in [9.17, 15) is 18.0 Å². The molecule has 1 aliphatic heterocycles. The number of anilines is 3. The highest BCUT2D eigenvalue weighted by Gasteiger charge is 2.49. The molecule has 224 valence electrons. The molecule has 3 fully saturated rings. The number of aromatic nitrogens is 3. The first kappa shape index (κ1) is 27.6. The molecule has 2 saturated carbocycles. The maximum atomic E-state index is 15.2. The first-order valence-corrected chi connectivity index (χ1v) is 14.3. The summed E-state index contributed by atoms with van der Waals surface area (Å²) in [6.07, 6.45) is 2.64. The smallest absolute Gasteiger partial charge is 0.383 e. The Bertz CT molecular complexity index is 1730. The molecule has 5 N–H and O–H groups in total. The van der Waals surface area contributed by atoms with Gasteiger partial charge in [0.1, 0.15) is 23.6 Å². The molecule has 3 aliphatic rings. The fourth-order valence-corrected chi connectivity index (χ4v) is 6.06. The third-order valence-corrected chi connectivity index (χ3v) is 8.65. The molecule has 43 heavy (non-hydrogen) atoms. The van der Waals surface area contributed by atoms with Gasteiger partial charge in [-0.3, -0.25) is 4.90 Å². The predicted octanol–water partition coefficient (Wildman–Crippen LogP) is 5.76. The lowest BCUT2D eigenvalue weighted by atomic mass is 10.0. The Morgan fingerprint density at radius 1 is 1.12 bits per heavy atom. The quantitative estimate of drug-likeness (QED) is 0.211. The normalized spacial score (nSPS) is 18.2. The number of hydrogen-bond donors (Lipinski definition) is 4. The van der Waals surface area contributed by atoms with E-state index in [1.165, 1.54) is 30.6 Å². The number of carbonyl (C=O) groups excluding carboxylic acids is 1. The molecule has 2 aromatic heterocycles. The summed E-state index contributed by atoms with van der Waals surface area (Å²) in [6, 6.07) is 7.52. The molecule has 0 unspecified atom stereocenters. The third kappa shape index (κ3) is 5.27. The molecule has 0 bridgehead atoms. The van der Waals surface area contributed by atoms with Crippen molar-refractivity contribution in [2.45, 2.75) is 50.0 Å². The molecule has 9 nitrogen and oxygen atoms in total. The number of piperazine rings is 1. The van der Waals surface area contributed by atoms with Crippen molar-refractivity contribution in [2.24, 2.45) is 0 Å². The van der Waals surface area contributed by atoms with Crippen LogP contribution in [0.4, 0.5) is 39.5 Å². The summed E-state index contributed by atoms with van der Waals surface area (Å²) in [4.78, 5) is 23.3. The zero-order chi connectivity index (χ0) is 29.9. The van der Waals surface area contributed by atoms with Gasteiger partial charge < -0.3 is 26.3 Å². The van der Waals surface area contributed by atoms with Gasteiger partial charge in [0.15, 0.2) is 0 Å². The molecule has 0 radical (unpaired) electrons. The van der Waals surface area contributed by atoms with Crippen molar-refractivity contribution < 1.29 is 22.4 Å². The Morgan fingerprint density at radius 2 is 1.93 bits per heavy atom. The van der Waals surface area contributed by atoms with E-state index < -0.39 is 23.6 Å². The number of hydrogen-bond acceptors (Lipinski definition) is 6. The number of alkyl halides is 3. The maximum Gasteiger partial charge on any atom is 0.416 e. The van der Waals surface area contributed by atoms with Gasteiger partial charge in [-0.2, -0.15) is 13.2 Å². The van der Waals surface area contributed by atoms with Crippen LogP contribution in [0, 0.1) is 5.82 Å². The molecule has 3 heterocycles. The number of benzene rings is 2. The molecule has 2 aromatic carbocycles. The van der Waals surface area contributed by atoms with Gasteiger partial charge >= 0.3 is 12.2 Å². The van der Waals surface area contributed by atoms with Crippen LogP contribution < -0.4 is 21.7 Å². The van der Waals surface area contributed by atoms with E-state index in [2.05, 4.69) is 30.8 Å². The first-order valence-electron chi connectivity index (χ1n) is 14.3. The summed E-state index contributed by atoms with van der Waals surface area (Å²) in [5.74, 6) is -0.433. The highest BCUT2D eigenvalue weighted by molar-refractivity contribution is 6.02. The van der Waals surface area contributed by atoms with Crippen LogP contribution in [0.5, 0.6) is 0 Å². The van der Waals surface area contributed by atoms with Crippen LogP contribution in [0.25, 0.3) is 22.2 Å². The number of fused-ring (bicyclic) bond motifs is 1. The molecule has 0 atom stereocenters. The number of urea groups is 1. The Kier molecular flexibility index (Phi) is 6.54. The lowest BCUT2D eigenvalue weighted by Crippen LogP contribution is -2.52. The van der Waals surface area contributed by atoms with E-state index in [0.29, 0.717) is 34.7 Å². The third-order valence-electron chi connectivity index (χ3n) is 8.65. The number of nitrogens with two attached hydrogens (primary N) is 1. The summed E-state index contributed by atoms with van der Waals surface area (Å²) >= 11 is 0. The van der Waals surface area contributed by atoms with E-state index in [4.69, 9.17) is 5.73 Å². The molecule has 1 saturated heterocycles. The van der Waals surface area contributed by atoms with E-state index >= 15 is 4.39 Å². The zero-order valence-electron chi connectivity index (χ0n) is 23.1. The van der Waals surface area contributed by atoms with Crippen LogP contribution in [0.15, 0.2) is 48.9 Å². The van der Waals surface area contributed by atoms with Crippen molar-refractivity contribution in [1.29, 1.82) is 0 Å². The van der Waals surface area contributed by atoms with Crippen LogP contribution in [0.2, 0.25) is 0 Å². The van der Waals surface area contributed by atoms with E-state index in [1.807, 2.05) is 10.8 Å². The molecule has 13 heteroatoms. The zero-order valence-corrected chi connectivity index (χ0v) is 23.1. The molecular weight excluding hydrogens is 564 g/mol. The average Bonchev–Trinajstić information content (AvgIpc) is 3.90. The average molecular weight is 595 g/mol. The first-order chi connectivity index (χ1) is 20.6. The fraction of sp³-hybridized carbons (Fsp3) is 0.367. The van der Waals surface area contributed by atoms with Crippen molar-refractivity contribution in [2.75, 3.05) is 36.0 Å². The number of amides is 2. The maximum absolute atomic E-state index is 15.2. The van der Waals surface area contributed by atoms with Crippen molar-refractivity contribution >= 4 is 34.3 Å². The largest absolute Gasteiger partial charge is 0.416 e. The number of carbonyl (C=O) groups is 1. The van der Waals surface area contributed by atoms with Crippen molar-refractivity contribution in [3.05, 3.63) is 65.9 Å². The monoisotopic (exact) mass is 594 g/mol. The van der Waals surface area contributed by atoms with Gasteiger partial charge in [0.2, 0.25) is 0 Å². The highest BCUT2D eigenvalue weighted by atomic mass is 19.4. The summed E-state index contributed by atoms with van der Waals surface area (Å²) in [5, 5.41) is 8.76. The highest BCUT2D eigenvalue weighted by Crippen LogP contribution is 2.45. The van der Waals surface area contributed by atoms with Crippen LogP contribution >= 0.6 is 0 Å². The molecule has 1 spiro atoms. The van der Waals surface area contributed by atoms with Gasteiger partial charge in [-0.25, -0.2) is 19.2 Å². The minimum absolute atomic E-state index is 0.0459. The topological polar surface area (TPSA) is 113 Å². The van der Waals surface area contributed by atoms with E-state index in [1.54, 1.807) is 6.07 Å². The standard InChI is InChI=1S/C30H30F4N8O/c31-23-11-17(21-14-42(20-4-5-20)27-25(21)26(35)37-16-38-27)2-6-24(23)40-28(43)39-19-3-1-18(22(12-19)30(32,33)34)13-41-10-9-36-15-29(41)7-8-29/h1-3,6,11-12,14,16,20,36H,4-5,7-10,13,15H2,(H2,35,37,38)(H2,39,40,43). The number of rotatable bonds is 6. The Hall–Kier alpha value is -4.23. The van der Waals surface area contributed by atoms with Crippen LogP contribution in [0.1, 0.15) is 42.9 Å². The fourth-order valence-electron chi connectivity index (χ4n) is 6.06. The van der Waals surface area contributed by atoms with Crippen molar-refractivity contribution in [1.82, 2.24) is 24.8 Å². The van der Waals surface area contributed by atoms with Crippen LogP contribution in [0.3, 0.4) is 0 Å².